The molecule has 3 rings (SSSR count). The standard InChI is InChI=1S/C21H23ClN2OS/c1-4-21(2,3)13-9-10-14-16(12-23)20(26-18(14)11-13)24-19(25)15-7-5-6-8-17(15)22/h5-8,13H,4,9-11H2,1-3H3,(H,24,25)/t13-/m0/s1. The van der Waals surface area contributed by atoms with E-state index >= 15 is 0 Å². The van der Waals surface area contributed by atoms with Crippen molar-refractivity contribution in [2.24, 2.45) is 11.3 Å². The minimum atomic E-state index is -0.267. The number of nitrogens with zero attached hydrogens (tertiary/aromatic N) is 1. The van der Waals surface area contributed by atoms with Crippen molar-refractivity contribution in [3.63, 3.8) is 0 Å². The van der Waals surface area contributed by atoms with Crippen LogP contribution >= 0.6 is 22.9 Å². The lowest BCUT2D eigenvalue weighted by molar-refractivity contribution is 0.102. The van der Waals surface area contributed by atoms with Crippen LogP contribution in [-0.2, 0) is 12.8 Å². The predicted molar refractivity (Wildman–Crippen MR) is 108 cm³/mol. The van der Waals surface area contributed by atoms with Gasteiger partial charge in [0.25, 0.3) is 5.91 Å². The quantitative estimate of drug-likeness (QED) is 0.693. The fourth-order valence-electron chi connectivity index (χ4n) is 3.56. The van der Waals surface area contributed by atoms with E-state index in [0.29, 0.717) is 27.1 Å². The number of rotatable bonds is 4. The Kier molecular flexibility index (Phi) is 5.41. The maximum Gasteiger partial charge on any atom is 0.257 e. The number of thiophene rings is 1. The first-order valence-corrected chi connectivity index (χ1v) is 10.2. The highest BCUT2D eigenvalue weighted by Gasteiger charge is 2.34. The molecule has 1 atom stereocenters. The predicted octanol–water partition coefficient (Wildman–Crippen LogP) is 6.07. The van der Waals surface area contributed by atoms with Gasteiger partial charge in [0.2, 0.25) is 0 Å². The molecule has 136 valence electrons. The normalized spacial score (nSPS) is 16.7. The average Bonchev–Trinajstić information content (AvgIpc) is 2.97. The molecule has 1 heterocycles. The molecule has 0 saturated carbocycles. The highest BCUT2D eigenvalue weighted by molar-refractivity contribution is 7.16. The third-order valence-electron chi connectivity index (χ3n) is 5.74. The molecule has 1 aliphatic rings. The van der Waals surface area contributed by atoms with Gasteiger partial charge in [0.05, 0.1) is 16.1 Å². The fourth-order valence-corrected chi connectivity index (χ4v) is 5.06. The Morgan fingerprint density at radius 2 is 2.15 bits per heavy atom. The van der Waals surface area contributed by atoms with Crippen LogP contribution in [-0.4, -0.2) is 5.91 Å². The number of carbonyl (C=O) groups is 1. The van der Waals surface area contributed by atoms with Gasteiger partial charge in [-0.1, -0.05) is 50.9 Å². The van der Waals surface area contributed by atoms with Crippen molar-refractivity contribution in [1.29, 1.82) is 5.26 Å². The van der Waals surface area contributed by atoms with E-state index in [1.165, 1.54) is 4.88 Å². The van der Waals surface area contributed by atoms with E-state index in [4.69, 9.17) is 11.6 Å². The number of hydrogen-bond donors (Lipinski definition) is 1. The highest BCUT2D eigenvalue weighted by atomic mass is 35.5. The molecule has 0 radical (unpaired) electrons. The Morgan fingerprint density at radius 3 is 2.81 bits per heavy atom. The van der Waals surface area contributed by atoms with Crippen LogP contribution in [0, 0.1) is 22.7 Å². The molecular formula is C21H23ClN2OS. The van der Waals surface area contributed by atoms with Crippen molar-refractivity contribution >= 4 is 33.8 Å². The molecule has 1 aliphatic carbocycles. The first-order valence-electron chi connectivity index (χ1n) is 8.98. The fraction of sp³-hybridized carbons (Fsp3) is 0.429. The van der Waals surface area contributed by atoms with Gasteiger partial charge < -0.3 is 5.32 Å². The Hall–Kier alpha value is -1.83. The van der Waals surface area contributed by atoms with E-state index in [1.807, 2.05) is 0 Å². The molecule has 2 aromatic rings. The summed E-state index contributed by atoms with van der Waals surface area (Å²) >= 11 is 7.67. The summed E-state index contributed by atoms with van der Waals surface area (Å²) in [6, 6.07) is 9.26. The molecule has 5 heteroatoms. The molecule has 3 nitrogen and oxygen atoms in total. The Labute approximate surface area is 164 Å². The Bertz CT molecular complexity index is 879. The van der Waals surface area contributed by atoms with Crippen LogP contribution in [0.5, 0.6) is 0 Å². The number of carbonyl (C=O) groups excluding carboxylic acids is 1. The number of nitrogens with one attached hydrogen (secondary N) is 1. The number of fused-ring (bicyclic) bond motifs is 1. The van der Waals surface area contributed by atoms with Crippen molar-refractivity contribution in [3.05, 3.63) is 50.9 Å². The molecule has 1 amide bonds. The number of benzene rings is 1. The number of amides is 1. The zero-order chi connectivity index (χ0) is 18.9. The zero-order valence-electron chi connectivity index (χ0n) is 15.4. The molecule has 0 bridgehead atoms. The lowest BCUT2D eigenvalue weighted by Crippen LogP contribution is -2.28. The lowest BCUT2D eigenvalue weighted by atomic mass is 9.69. The number of anilines is 1. The largest absolute Gasteiger partial charge is 0.312 e. The third kappa shape index (κ3) is 3.51. The molecule has 1 aromatic carbocycles. The summed E-state index contributed by atoms with van der Waals surface area (Å²) in [6.45, 7) is 6.88. The second kappa shape index (κ2) is 7.42. The molecule has 0 unspecified atom stereocenters. The Morgan fingerprint density at radius 1 is 1.42 bits per heavy atom. The van der Waals surface area contributed by atoms with Gasteiger partial charge in [-0.2, -0.15) is 5.26 Å². The van der Waals surface area contributed by atoms with Gasteiger partial charge in [-0.25, -0.2) is 0 Å². The molecule has 26 heavy (non-hydrogen) atoms. The van der Waals surface area contributed by atoms with Crippen LogP contribution < -0.4 is 5.32 Å². The van der Waals surface area contributed by atoms with Crippen LogP contribution in [0.4, 0.5) is 5.00 Å². The first kappa shape index (κ1) is 18.9. The van der Waals surface area contributed by atoms with E-state index in [2.05, 4.69) is 32.2 Å². The minimum Gasteiger partial charge on any atom is -0.312 e. The van der Waals surface area contributed by atoms with Crippen molar-refractivity contribution < 1.29 is 4.79 Å². The molecule has 1 aromatic heterocycles. The van der Waals surface area contributed by atoms with Crippen molar-refractivity contribution in [1.82, 2.24) is 0 Å². The second-order valence-electron chi connectivity index (χ2n) is 7.54. The molecule has 1 N–H and O–H groups in total. The van der Waals surface area contributed by atoms with E-state index < -0.39 is 0 Å². The Balaban J connectivity index is 1.88. The van der Waals surface area contributed by atoms with Gasteiger partial charge in [-0.3, -0.25) is 4.79 Å². The van der Waals surface area contributed by atoms with E-state index in [9.17, 15) is 10.1 Å². The maximum atomic E-state index is 12.6. The van der Waals surface area contributed by atoms with Crippen LogP contribution in [0.3, 0.4) is 0 Å². The third-order valence-corrected chi connectivity index (χ3v) is 7.24. The van der Waals surface area contributed by atoms with Gasteiger partial charge in [0.1, 0.15) is 11.1 Å². The van der Waals surface area contributed by atoms with Gasteiger partial charge in [0, 0.05) is 4.88 Å². The highest BCUT2D eigenvalue weighted by Crippen LogP contribution is 2.45. The molecule has 0 saturated heterocycles. The second-order valence-corrected chi connectivity index (χ2v) is 9.05. The topological polar surface area (TPSA) is 52.9 Å². The minimum absolute atomic E-state index is 0.267. The van der Waals surface area contributed by atoms with Crippen molar-refractivity contribution in [3.8, 4) is 6.07 Å². The van der Waals surface area contributed by atoms with E-state index in [-0.39, 0.29) is 11.3 Å². The van der Waals surface area contributed by atoms with Crippen molar-refractivity contribution in [2.45, 2.75) is 46.5 Å². The summed E-state index contributed by atoms with van der Waals surface area (Å²) in [5.41, 5.74) is 2.46. The van der Waals surface area contributed by atoms with Crippen molar-refractivity contribution in [2.75, 3.05) is 5.32 Å². The summed E-state index contributed by atoms with van der Waals surface area (Å²) in [4.78, 5) is 13.8. The summed E-state index contributed by atoms with van der Waals surface area (Å²) < 4.78 is 0. The maximum absolute atomic E-state index is 12.6. The summed E-state index contributed by atoms with van der Waals surface area (Å²) in [5.74, 6) is 0.341. The van der Waals surface area contributed by atoms with Gasteiger partial charge >= 0.3 is 0 Å². The smallest absolute Gasteiger partial charge is 0.257 e. The molecular weight excluding hydrogens is 364 g/mol. The van der Waals surface area contributed by atoms with Crippen LogP contribution in [0.25, 0.3) is 0 Å². The van der Waals surface area contributed by atoms with Crippen LogP contribution in [0.2, 0.25) is 5.02 Å². The summed E-state index contributed by atoms with van der Waals surface area (Å²) in [7, 11) is 0. The van der Waals surface area contributed by atoms with E-state index in [1.54, 1.807) is 35.6 Å². The van der Waals surface area contributed by atoms with Gasteiger partial charge in [0.15, 0.2) is 0 Å². The molecule has 0 spiro atoms. The lowest BCUT2D eigenvalue weighted by Gasteiger charge is -2.36. The average molecular weight is 387 g/mol. The van der Waals surface area contributed by atoms with Gasteiger partial charge in [-0.15, -0.1) is 11.3 Å². The molecule has 0 fully saturated rings. The number of hydrogen-bond acceptors (Lipinski definition) is 3. The monoisotopic (exact) mass is 386 g/mol. The number of halogens is 1. The number of nitriles is 1. The summed E-state index contributed by atoms with van der Waals surface area (Å²) in [6.07, 6.45) is 4.12. The SMILES string of the molecule is CCC(C)(C)[C@H]1CCc2c(sc(NC(=O)c3ccccc3Cl)c2C#N)C1. The van der Waals surface area contributed by atoms with E-state index in [0.717, 1.165) is 31.2 Å². The molecule has 0 aliphatic heterocycles. The first-order chi connectivity index (χ1) is 12.4. The van der Waals surface area contributed by atoms with Crippen LogP contribution in [0.15, 0.2) is 24.3 Å². The van der Waals surface area contributed by atoms with Gasteiger partial charge in [-0.05, 0) is 48.3 Å². The summed E-state index contributed by atoms with van der Waals surface area (Å²) in [5, 5.41) is 13.6. The van der Waals surface area contributed by atoms with Crippen LogP contribution in [0.1, 0.15) is 60.0 Å². The zero-order valence-corrected chi connectivity index (χ0v) is 16.9.